The molecular weight excluding hydrogens is 392 g/mol. The van der Waals surface area contributed by atoms with E-state index in [0.717, 1.165) is 10.5 Å². The Hall–Kier alpha value is -4.32. The molecule has 1 aliphatic heterocycles. The molecular formula is C25H16N2O4. The molecule has 0 saturated carbocycles. The lowest BCUT2D eigenvalue weighted by Gasteiger charge is -2.14. The Morgan fingerprint density at radius 1 is 0.871 bits per heavy atom. The van der Waals surface area contributed by atoms with Crippen LogP contribution in [0.4, 0.5) is 5.69 Å². The molecule has 0 atom stereocenters. The molecule has 4 aromatic rings. The molecule has 31 heavy (non-hydrogen) atoms. The molecule has 0 aliphatic carbocycles. The predicted octanol–water partition coefficient (Wildman–Crippen LogP) is 4.71. The summed E-state index contributed by atoms with van der Waals surface area (Å²) in [4.78, 5) is 42.9. The fourth-order valence-electron chi connectivity index (χ4n) is 3.87. The van der Waals surface area contributed by atoms with Crippen molar-refractivity contribution >= 4 is 34.4 Å². The lowest BCUT2D eigenvalue weighted by Crippen LogP contribution is -2.29. The molecule has 0 saturated heterocycles. The zero-order valence-electron chi connectivity index (χ0n) is 16.5. The first-order valence-electron chi connectivity index (χ1n) is 9.67. The van der Waals surface area contributed by atoms with Crippen molar-refractivity contribution in [2.24, 2.45) is 0 Å². The Labute approximate surface area is 177 Å². The summed E-state index contributed by atoms with van der Waals surface area (Å²) in [5, 5.41) is 10.2. The average Bonchev–Trinajstić information content (AvgIpc) is 3.03. The van der Waals surface area contributed by atoms with Crippen LogP contribution in [-0.2, 0) is 0 Å². The number of carboxylic acids is 1. The van der Waals surface area contributed by atoms with Crippen LogP contribution >= 0.6 is 0 Å². The molecule has 1 N–H and O–H groups in total. The minimum absolute atomic E-state index is 0.174. The highest BCUT2D eigenvalue weighted by Crippen LogP contribution is 2.31. The molecule has 6 heteroatoms. The van der Waals surface area contributed by atoms with Crippen molar-refractivity contribution in [1.29, 1.82) is 0 Å². The van der Waals surface area contributed by atoms with Crippen LogP contribution in [0.1, 0.15) is 36.6 Å². The van der Waals surface area contributed by atoms with Crippen LogP contribution < -0.4 is 4.90 Å². The largest absolute Gasteiger partial charge is 0.478 e. The zero-order valence-corrected chi connectivity index (χ0v) is 16.5. The van der Waals surface area contributed by atoms with E-state index in [1.807, 2.05) is 13.0 Å². The van der Waals surface area contributed by atoms with E-state index in [1.54, 1.807) is 66.7 Å². The van der Waals surface area contributed by atoms with Gasteiger partial charge in [0.15, 0.2) is 0 Å². The second-order valence-corrected chi connectivity index (χ2v) is 7.42. The standard InChI is InChI=1S/C25H16N2O4/c1-14-6-11-21-19(12-14)20(25(30)31)13-22(26-21)15-7-9-16(10-8-15)27-23(28)17-4-2-3-5-18(17)24(27)29/h2-13H,1H3,(H,30,31). The number of amides is 2. The van der Waals surface area contributed by atoms with E-state index >= 15 is 0 Å². The third-order valence-corrected chi connectivity index (χ3v) is 5.41. The number of aromatic nitrogens is 1. The molecule has 0 spiro atoms. The summed E-state index contributed by atoms with van der Waals surface area (Å²) in [6, 6.07) is 20.5. The number of fused-ring (bicyclic) bond motifs is 2. The van der Waals surface area contributed by atoms with Gasteiger partial charge in [-0.25, -0.2) is 14.7 Å². The molecule has 1 aromatic heterocycles. The molecule has 2 heterocycles. The number of hydrogen-bond donors (Lipinski definition) is 1. The van der Waals surface area contributed by atoms with Gasteiger partial charge in [-0.15, -0.1) is 0 Å². The van der Waals surface area contributed by atoms with Gasteiger partial charge in [-0.05, 0) is 49.4 Å². The fraction of sp³-hybridized carbons (Fsp3) is 0.0400. The van der Waals surface area contributed by atoms with Crippen LogP contribution in [-0.4, -0.2) is 27.9 Å². The SMILES string of the molecule is Cc1ccc2nc(-c3ccc(N4C(=O)c5ccccc5C4=O)cc3)cc(C(=O)O)c2c1. The Kier molecular flexibility index (Phi) is 4.15. The quantitative estimate of drug-likeness (QED) is 0.496. The highest BCUT2D eigenvalue weighted by atomic mass is 16.4. The van der Waals surface area contributed by atoms with Gasteiger partial charge < -0.3 is 5.11 Å². The molecule has 6 nitrogen and oxygen atoms in total. The molecule has 150 valence electrons. The van der Waals surface area contributed by atoms with Crippen LogP contribution in [0.3, 0.4) is 0 Å². The van der Waals surface area contributed by atoms with Gasteiger partial charge in [-0.1, -0.05) is 35.9 Å². The number of carboxylic acid groups (broad SMARTS) is 1. The van der Waals surface area contributed by atoms with E-state index in [1.165, 1.54) is 0 Å². The lowest BCUT2D eigenvalue weighted by molar-refractivity contribution is 0.0698. The second kappa shape index (κ2) is 6.88. The van der Waals surface area contributed by atoms with Crippen LogP contribution in [0.15, 0.2) is 72.8 Å². The smallest absolute Gasteiger partial charge is 0.336 e. The van der Waals surface area contributed by atoms with Gasteiger partial charge in [-0.2, -0.15) is 0 Å². The minimum Gasteiger partial charge on any atom is -0.478 e. The summed E-state index contributed by atoms with van der Waals surface area (Å²) in [5.74, 6) is -1.75. The number of benzene rings is 3. The van der Waals surface area contributed by atoms with E-state index < -0.39 is 5.97 Å². The van der Waals surface area contributed by atoms with Gasteiger partial charge in [0.25, 0.3) is 11.8 Å². The van der Waals surface area contributed by atoms with Gasteiger partial charge in [0.05, 0.1) is 33.6 Å². The first-order valence-corrected chi connectivity index (χ1v) is 9.67. The minimum atomic E-state index is -1.03. The molecule has 1 aliphatic rings. The van der Waals surface area contributed by atoms with E-state index in [-0.39, 0.29) is 17.4 Å². The summed E-state index contributed by atoms with van der Waals surface area (Å²) in [7, 11) is 0. The first-order chi connectivity index (χ1) is 14.9. The third kappa shape index (κ3) is 2.97. The normalized spacial score (nSPS) is 13.0. The van der Waals surface area contributed by atoms with E-state index in [0.29, 0.717) is 39.0 Å². The highest BCUT2D eigenvalue weighted by Gasteiger charge is 2.36. The number of imide groups is 1. The molecule has 3 aromatic carbocycles. The maximum atomic E-state index is 12.7. The van der Waals surface area contributed by atoms with Crippen molar-refractivity contribution in [3.8, 4) is 11.3 Å². The number of aromatic carboxylic acids is 1. The van der Waals surface area contributed by atoms with Gasteiger partial charge in [0.1, 0.15) is 0 Å². The van der Waals surface area contributed by atoms with Gasteiger partial charge >= 0.3 is 5.97 Å². The van der Waals surface area contributed by atoms with E-state index in [2.05, 4.69) is 4.98 Å². The average molecular weight is 408 g/mol. The number of hydrogen-bond acceptors (Lipinski definition) is 4. The summed E-state index contributed by atoms with van der Waals surface area (Å²) in [5.41, 5.74) is 4.12. The molecule has 2 amide bonds. The number of carbonyl (C=O) groups is 3. The Morgan fingerprint density at radius 2 is 1.52 bits per heavy atom. The number of aryl methyl sites for hydroxylation is 1. The molecule has 0 unspecified atom stereocenters. The maximum absolute atomic E-state index is 12.7. The molecule has 5 rings (SSSR count). The molecule has 0 bridgehead atoms. The summed E-state index contributed by atoms with van der Waals surface area (Å²) < 4.78 is 0. The van der Waals surface area contributed by atoms with E-state index in [9.17, 15) is 19.5 Å². The predicted molar refractivity (Wildman–Crippen MR) is 116 cm³/mol. The lowest BCUT2D eigenvalue weighted by atomic mass is 10.0. The van der Waals surface area contributed by atoms with Crippen LogP contribution in [0.2, 0.25) is 0 Å². The van der Waals surface area contributed by atoms with Crippen LogP contribution in [0.5, 0.6) is 0 Å². The van der Waals surface area contributed by atoms with Crippen molar-refractivity contribution in [2.75, 3.05) is 4.90 Å². The van der Waals surface area contributed by atoms with Gasteiger partial charge in [-0.3, -0.25) is 9.59 Å². The summed E-state index contributed by atoms with van der Waals surface area (Å²) in [6.07, 6.45) is 0. The van der Waals surface area contributed by atoms with Gasteiger partial charge in [0.2, 0.25) is 0 Å². The number of pyridine rings is 1. The first kappa shape index (κ1) is 18.7. The summed E-state index contributed by atoms with van der Waals surface area (Å²) >= 11 is 0. The second-order valence-electron chi connectivity index (χ2n) is 7.42. The van der Waals surface area contributed by atoms with Crippen molar-refractivity contribution in [2.45, 2.75) is 6.92 Å². The van der Waals surface area contributed by atoms with Crippen LogP contribution in [0.25, 0.3) is 22.2 Å². The van der Waals surface area contributed by atoms with Crippen molar-refractivity contribution < 1.29 is 19.5 Å². The fourth-order valence-corrected chi connectivity index (χ4v) is 3.87. The topological polar surface area (TPSA) is 87.6 Å². The van der Waals surface area contributed by atoms with Crippen molar-refractivity contribution in [1.82, 2.24) is 4.98 Å². The van der Waals surface area contributed by atoms with E-state index in [4.69, 9.17) is 0 Å². The number of nitrogens with zero attached hydrogens (tertiary/aromatic N) is 2. The number of rotatable bonds is 3. The van der Waals surface area contributed by atoms with Crippen LogP contribution in [0, 0.1) is 6.92 Å². The summed E-state index contributed by atoms with van der Waals surface area (Å²) in [6.45, 7) is 1.90. The van der Waals surface area contributed by atoms with Gasteiger partial charge in [0, 0.05) is 10.9 Å². The Bertz CT molecular complexity index is 1370. The molecule has 0 radical (unpaired) electrons. The van der Waals surface area contributed by atoms with Crippen molar-refractivity contribution in [3.05, 3.63) is 95.1 Å². The van der Waals surface area contributed by atoms with Crippen molar-refractivity contribution in [3.63, 3.8) is 0 Å². The highest BCUT2D eigenvalue weighted by molar-refractivity contribution is 6.34. The maximum Gasteiger partial charge on any atom is 0.336 e. The Balaban J connectivity index is 1.55. The Morgan fingerprint density at radius 3 is 2.13 bits per heavy atom. The zero-order chi connectivity index (χ0) is 21.7. The molecule has 0 fully saturated rings. The number of anilines is 1. The monoisotopic (exact) mass is 408 g/mol. The third-order valence-electron chi connectivity index (χ3n) is 5.41. The number of carbonyl (C=O) groups excluding carboxylic acids is 2.